The van der Waals surface area contributed by atoms with E-state index in [0.29, 0.717) is 5.02 Å². The van der Waals surface area contributed by atoms with Crippen LogP contribution in [0, 0.1) is 11.8 Å². The second kappa shape index (κ2) is 9.63. The van der Waals surface area contributed by atoms with Crippen LogP contribution in [0.2, 0.25) is 10.0 Å². The molecule has 7 aromatic rings. The summed E-state index contributed by atoms with van der Waals surface area (Å²) in [6, 6.07) is 29.7. The van der Waals surface area contributed by atoms with Crippen molar-refractivity contribution in [2.24, 2.45) is 0 Å². The van der Waals surface area contributed by atoms with Crippen LogP contribution in [-0.4, -0.2) is 19.4 Å². The molecule has 0 radical (unpaired) electrons. The SMILES string of the molecule is CC#Cc1ccc(Cl)cc1-c1nc2ccccc2[nH]1.Clc1ccc2ccn3c4ccccc4nc3c2c1. The number of halogens is 2. The van der Waals surface area contributed by atoms with E-state index in [1.54, 1.807) is 0 Å². The number of H-pyrrole nitrogens is 1. The highest BCUT2D eigenvalue weighted by Gasteiger charge is 2.10. The number of aromatic nitrogens is 4. The molecule has 0 spiro atoms. The van der Waals surface area contributed by atoms with Crippen LogP contribution in [0.4, 0.5) is 0 Å². The van der Waals surface area contributed by atoms with Crippen molar-refractivity contribution in [3.05, 3.63) is 113 Å². The zero-order chi connectivity index (χ0) is 25.4. The first-order valence-corrected chi connectivity index (χ1v) is 12.5. The lowest BCUT2D eigenvalue weighted by atomic mass is 10.1. The van der Waals surface area contributed by atoms with Crippen LogP contribution >= 0.6 is 23.2 Å². The van der Waals surface area contributed by atoms with Crippen LogP contribution in [0.25, 0.3) is 49.9 Å². The first kappa shape index (κ1) is 23.1. The third kappa shape index (κ3) is 4.40. The fraction of sp³-hybridized carbons (Fsp3) is 0.0323. The molecule has 178 valence electrons. The van der Waals surface area contributed by atoms with Gasteiger partial charge in [-0.25, -0.2) is 9.97 Å². The van der Waals surface area contributed by atoms with Gasteiger partial charge in [-0.1, -0.05) is 59.5 Å². The Morgan fingerprint density at radius 2 is 1.54 bits per heavy atom. The fourth-order valence-corrected chi connectivity index (χ4v) is 4.79. The summed E-state index contributed by atoms with van der Waals surface area (Å²) in [5.41, 5.74) is 6.88. The molecule has 0 aliphatic carbocycles. The van der Waals surface area contributed by atoms with E-state index in [-0.39, 0.29) is 0 Å². The number of pyridine rings is 1. The molecule has 0 aliphatic rings. The van der Waals surface area contributed by atoms with E-state index in [4.69, 9.17) is 23.2 Å². The van der Waals surface area contributed by atoms with E-state index >= 15 is 0 Å². The summed E-state index contributed by atoms with van der Waals surface area (Å²) in [5, 5.41) is 3.66. The Bertz CT molecular complexity index is 1960. The molecule has 0 saturated heterocycles. The van der Waals surface area contributed by atoms with Gasteiger partial charge in [-0.15, -0.1) is 5.92 Å². The standard InChI is InChI=1S/C16H11ClN2.C15H9ClN2/c1-2-5-11-8-9-12(17)10-13(11)16-18-14-6-3-4-7-15(14)19-16;16-11-6-5-10-7-8-18-14-4-2-1-3-13(14)17-15(18)12(10)9-11/h3-4,6-10H,1H3,(H,18,19);1-9H. The summed E-state index contributed by atoms with van der Waals surface area (Å²) in [7, 11) is 0. The van der Waals surface area contributed by atoms with Gasteiger partial charge in [0.15, 0.2) is 0 Å². The highest BCUT2D eigenvalue weighted by atomic mass is 35.5. The lowest BCUT2D eigenvalue weighted by molar-refractivity contribution is 1.25. The second-order valence-corrected chi connectivity index (χ2v) is 9.38. The quantitative estimate of drug-likeness (QED) is 0.221. The van der Waals surface area contributed by atoms with Crippen LogP contribution in [-0.2, 0) is 0 Å². The molecule has 3 heterocycles. The van der Waals surface area contributed by atoms with E-state index in [1.807, 2.05) is 85.8 Å². The van der Waals surface area contributed by atoms with Gasteiger partial charge >= 0.3 is 0 Å². The molecule has 6 heteroatoms. The number of aromatic amines is 1. The Morgan fingerprint density at radius 1 is 0.784 bits per heavy atom. The zero-order valence-electron chi connectivity index (χ0n) is 19.8. The van der Waals surface area contributed by atoms with Gasteiger partial charge in [-0.3, -0.25) is 4.40 Å². The van der Waals surface area contributed by atoms with E-state index in [1.165, 1.54) is 0 Å². The van der Waals surface area contributed by atoms with Gasteiger partial charge in [0.2, 0.25) is 0 Å². The molecule has 0 fully saturated rings. The molecule has 0 atom stereocenters. The number of rotatable bonds is 1. The van der Waals surface area contributed by atoms with Crippen molar-refractivity contribution in [2.45, 2.75) is 6.92 Å². The average Bonchev–Trinajstić information content (AvgIpc) is 3.52. The van der Waals surface area contributed by atoms with Crippen LogP contribution < -0.4 is 0 Å². The normalized spacial score (nSPS) is 10.9. The number of benzene rings is 4. The van der Waals surface area contributed by atoms with Gasteiger partial charge < -0.3 is 4.98 Å². The Balaban J connectivity index is 0.000000136. The molecule has 4 aromatic carbocycles. The van der Waals surface area contributed by atoms with Gasteiger partial charge in [-0.2, -0.15) is 0 Å². The van der Waals surface area contributed by atoms with Crippen molar-refractivity contribution >= 4 is 61.7 Å². The minimum atomic E-state index is 0.678. The predicted octanol–water partition coefficient (Wildman–Crippen LogP) is 8.55. The first-order chi connectivity index (χ1) is 18.1. The Kier molecular flexibility index (Phi) is 6.02. The summed E-state index contributed by atoms with van der Waals surface area (Å²) < 4.78 is 2.11. The summed E-state index contributed by atoms with van der Waals surface area (Å²) >= 11 is 12.2. The molecule has 0 saturated carbocycles. The Labute approximate surface area is 223 Å². The molecule has 0 aliphatic heterocycles. The van der Waals surface area contributed by atoms with Crippen molar-refractivity contribution < 1.29 is 0 Å². The van der Waals surface area contributed by atoms with Gasteiger partial charge in [0.25, 0.3) is 0 Å². The molecular weight excluding hydrogens is 499 g/mol. The minimum Gasteiger partial charge on any atom is -0.338 e. The van der Waals surface area contributed by atoms with Gasteiger partial charge in [-0.05, 0) is 73.0 Å². The van der Waals surface area contributed by atoms with Gasteiger partial charge in [0.05, 0.1) is 22.1 Å². The molecule has 4 nitrogen and oxygen atoms in total. The van der Waals surface area contributed by atoms with Crippen molar-refractivity contribution in [2.75, 3.05) is 0 Å². The van der Waals surface area contributed by atoms with Crippen LogP contribution in [0.5, 0.6) is 0 Å². The molecule has 0 amide bonds. The molecule has 37 heavy (non-hydrogen) atoms. The largest absolute Gasteiger partial charge is 0.338 e. The van der Waals surface area contributed by atoms with Gasteiger partial charge in [0.1, 0.15) is 11.5 Å². The van der Waals surface area contributed by atoms with E-state index in [0.717, 1.165) is 60.5 Å². The maximum Gasteiger partial charge on any atom is 0.145 e. The summed E-state index contributed by atoms with van der Waals surface area (Å²) in [6.07, 6.45) is 2.06. The molecule has 7 rings (SSSR count). The van der Waals surface area contributed by atoms with Gasteiger partial charge in [0, 0.05) is 32.8 Å². The summed E-state index contributed by atoms with van der Waals surface area (Å²) in [5.74, 6) is 6.78. The minimum absolute atomic E-state index is 0.678. The van der Waals surface area contributed by atoms with E-state index in [2.05, 4.69) is 49.5 Å². The van der Waals surface area contributed by atoms with Crippen molar-refractivity contribution in [1.82, 2.24) is 19.4 Å². The first-order valence-electron chi connectivity index (χ1n) is 11.7. The van der Waals surface area contributed by atoms with Crippen LogP contribution in [0.3, 0.4) is 0 Å². The molecule has 0 bridgehead atoms. The highest BCUT2D eigenvalue weighted by molar-refractivity contribution is 6.31. The fourth-order valence-electron chi connectivity index (χ4n) is 4.44. The highest BCUT2D eigenvalue weighted by Crippen LogP contribution is 2.27. The monoisotopic (exact) mass is 518 g/mol. The number of hydrogen-bond donors (Lipinski definition) is 1. The number of imidazole rings is 2. The lowest BCUT2D eigenvalue weighted by Gasteiger charge is -2.01. The molecule has 0 unspecified atom stereocenters. The lowest BCUT2D eigenvalue weighted by Crippen LogP contribution is -1.86. The topological polar surface area (TPSA) is 46.0 Å². The van der Waals surface area contributed by atoms with Crippen molar-refractivity contribution in [1.29, 1.82) is 0 Å². The summed E-state index contributed by atoms with van der Waals surface area (Å²) in [6.45, 7) is 1.82. The number of nitrogens with zero attached hydrogens (tertiary/aromatic N) is 3. The zero-order valence-corrected chi connectivity index (χ0v) is 21.3. The number of para-hydroxylation sites is 4. The smallest absolute Gasteiger partial charge is 0.145 e. The van der Waals surface area contributed by atoms with Crippen molar-refractivity contribution in [3.8, 4) is 23.2 Å². The average molecular weight is 519 g/mol. The third-order valence-electron chi connectivity index (χ3n) is 6.14. The maximum absolute atomic E-state index is 6.08. The number of fused-ring (bicyclic) bond motifs is 6. The van der Waals surface area contributed by atoms with E-state index in [9.17, 15) is 0 Å². The molecule has 1 N–H and O–H groups in total. The number of nitrogens with one attached hydrogen (secondary N) is 1. The van der Waals surface area contributed by atoms with E-state index < -0.39 is 0 Å². The molecule has 3 aromatic heterocycles. The Morgan fingerprint density at radius 3 is 2.38 bits per heavy atom. The number of hydrogen-bond acceptors (Lipinski definition) is 2. The molecular formula is C31H20Cl2N4. The second-order valence-electron chi connectivity index (χ2n) is 8.51. The third-order valence-corrected chi connectivity index (χ3v) is 6.61. The Hall–Kier alpha value is -4.30. The van der Waals surface area contributed by atoms with Crippen molar-refractivity contribution in [3.63, 3.8) is 0 Å². The van der Waals surface area contributed by atoms with Crippen LogP contribution in [0.1, 0.15) is 12.5 Å². The summed E-state index contributed by atoms with van der Waals surface area (Å²) in [4.78, 5) is 12.6. The van der Waals surface area contributed by atoms with Crippen LogP contribution in [0.15, 0.2) is 97.2 Å². The maximum atomic E-state index is 6.08. The predicted molar refractivity (Wildman–Crippen MR) is 154 cm³/mol.